The van der Waals surface area contributed by atoms with Crippen molar-refractivity contribution in [2.45, 2.75) is 32.9 Å². The summed E-state index contributed by atoms with van der Waals surface area (Å²) in [6.07, 6.45) is -1.48. The number of benzene rings is 1. The molecule has 8 heteroatoms. The minimum absolute atomic E-state index is 0.00490. The zero-order chi connectivity index (χ0) is 23.2. The molecule has 31 heavy (non-hydrogen) atoms. The third kappa shape index (κ3) is 2.34. The summed E-state index contributed by atoms with van der Waals surface area (Å²) in [4.78, 5) is 38.5. The van der Waals surface area contributed by atoms with Crippen molar-refractivity contribution in [1.29, 1.82) is 0 Å². The van der Waals surface area contributed by atoms with E-state index < -0.39 is 63.8 Å². The number of phenolic OH excluding ortho intramolecular Hbond substituents is 1. The van der Waals surface area contributed by atoms with Gasteiger partial charge in [0, 0.05) is 17.4 Å². The van der Waals surface area contributed by atoms with Crippen LogP contribution in [0.3, 0.4) is 0 Å². The lowest BCUT2D eigenvalue weighted by Crippen LogP contribution is -2.64. The van der Waals surface area contributed by atoms with Crippen molar-refractivity contribution in [1.82, 2.24) is 0 Å². The molecule has 3 aliphatic rings. The van der Waals surface area contributed by atoms with E-state index in [1.807, 2.05) is 0 Å². The zero-order valence-electron chi connectivity index (χ0n) is 17.3. The highest BCUT2D eigenvalue weighted by Crippen LogP contribution is 2.58. The first kappa shape index (κ1) is 21.0. The van der Waals surface area contributed by atoms with Crippen LogP contribution in [-0.4, -0.2) is 49.9 Å². The summed E-state index contributed by atoms with van der Waals surface area (Å²) in [6.45, 7) is 8.10. The Morgan fingerprint density at radius 3 is 2.35 bits per heavy atom. The van der Waals surface area contributed by atoms with Gasteiger partial charge in [-0.2, -0.15) is 0 Å². The van der Waals surface area contributed by atoms with E-state index >= 15 is 0 Å². The molecule has 6 N–H and O–H groups in total. The molecule has 0 radical (unpaired) electrons. The summed E-state index contributed by atoms with van der Waals surface area (Å²) in [5.41, 5.74) is 4.67. The Bertz CT molecular complexity index is 1170. The molecule has 4 rings (SSSR count). The molecule has 1 fully saturated rings. The second-order valence-corrected chi connectivity index (χ2v) is 8.63. The lowest BCUT2D eigenvalue weighted by molar-refractivity contribution is -0.142. The highest BCUT2D eigenvalue weighted by molar-refractivity contribution is 6.24. The molecule has 0 amide bonds. The number of rotatable bonds is 1. The Labute approximate surface area is 178 Å². The van der Waals surface area contributed by atoms with E-state index in [1.54, 1.807) is 13.0 Å². The van der Waals surface area contributed by atoms with Crippen molar-refractivity contribution in [2.24, 2.45) is 23.0 Å². The van der Waals surface area contributed by atoms with Gasteiger partial charge in [-0.1, -0.05) is 12.6 Å². The first-order valence-corrected chi connectivity index (χ1v) is 9.79. The average molecular weight is 425 g/mol. The Morgan fingerprint density at radius 2 is 1.77 bits per heavy atom. The second-order valence-electron chi connectivity index (χ2n) is 8.63. The lowest BCUT2D eigenvalue weighted by Gasteiger charge is -2.52. The number of carbonyl (C=O) groups excluding carboxylic acids is 3. The highest BCUT2D eigenvalue weighted by Gasteiger charge is 2.65. The van der Waals surface area contributed by atoms with Gasteiger partial charge in [0.1, 0.15) is 22.8 Å². The third-order valence-electron chi connectivity index (χ3n) is 7.00. The number of aryl methyl sites for hydroxylation is 1. The zero-order valence-corrected chi connectivity index (χ0v) is 17.3. The van der Waals surface area contributed by atoms with Crippen LogP contribution in [0.1, 0.15) is 30.5 Å². The van der Waals surface area contributed by atoms with E-state index in [0.717, 1.165) is 6.92 Å². The largest absolute Gasteiger partial charge is 0.510 e. The highest BCUT2D eigenvalue weighted by atomic mass is 16.3. The van der Waals surface area contributed by atoms with Gasteiger partial charge in [-0.3, -0.25) is 14.4 Å². The summed E-state index contributed by atoms with van der Waals surface area (Å²) in [5, 5.41) is 43.6. The second kappa shape index (κ2) is 6.38. The average Bonchev–Trinajstić information content (AvgIpc) is 2.69. The standard InChI is InChI=1S/C23H23NO7/c1-7-5-6-10(26)14-11(7)8(2)12-15(18(14)27)22(31)23(4)16(19(12)28)17(24)20(29)13(9(3)25)21(23)30/h5-6,12,16-17,19,26-28,30H,2,24H2,1,3-4H3/t12-,16-,17+,19+,23+/m1/s1. The maximum Gasteiger partial charge on any atom is 0.186 e. The molecular weight excluding hydrogens is 402 g/mol. The van der Waals surface area contributed by atoms with Gasteiger partial charge in [-0.15, -0.1) is 0 Å². The maximum absolute atomic E-state index is 13.7. The molecule has 162 valence electrons. The minimum atomic E-state index is -1.93. The van der Waals surface area contributed by atoms with Crippen LogP contribution in [0.5, 0.6) is 5.75 Å². The molecule has 0 saturated heterocycles. The summed E-state index contributed by atoms with van der Waals surface area (Å²) in [6, 6.07) is 1.55. The molecule has 0 aromatic heterocycles. The van der Waals surface area contributed by atoms with Gasteiger partial charge in [-0.25, -0.2) is 0 Å². The van der Waals surface area contributed by atoms with Gasteiger partial charge in [0.15, 0.2) is 17.3 Å². The molecule has 1 aromatic rings. The van der Waals surface area contributed by atoms with Crippen LogP contribution < -0.4 is 5.73 Å². The van der Waals surface area contributed by atoms with Crippen LogP contribution in [-0.2, 0) is 14.4 Å². The molecule has 1 aromatic carbocycles. The minimum Gasteiger partial charge on any atom is -0.510 e. The first-order valence-electron chi connectivity index (χ1n) is 9.79. The lowest BCUT2D eigenvalue weighted by atomic mass is 9.51. The van der Waals surface area contributed by atoms with Crippen molar-refractivity contribution in [3.63, 3.8) is 0 Å². The van der Waals surface area contributed by atoms with E-state index in [9.17, 15) is 34.8 Å². The number of hydrogen-bond acceptors (Lipinski definition) is 8. The Kier molecular flexibility index (Phi) is 4.33. The number of nitrogens with two attached hydrogens (primary N) is 1. The number of phenols is 1. The van der Waals surface area contributed by atoms with Crippen LogP contribution in [0.25, 0.3) is 11.3 Å². The number of Topliss-reactive ketones (excluding diaryl/α,β-unsaturated/α-hetero) is 3. The van der Waals surface area contributed by atoms with Crippen molar-refractivity contribution >= 4 is 28.7 Å². The summed E-state index contributed by atoms with van der Waals surface area (Å²) in [7, 11) is 0. The van der Waals surface area contributed by atoms with Crippen LogP contribution in [0.2, 0.25) is 0 Å². The molecule has 8 nitrogen and oxygen atoms in total. The van der Waals surface area contributed by atoms with Crippen LogP contribution in [0.15, 0.2) is 35.6 Å². The number of allylic oxidation sites excluding steroid dienone is 1. The van der Waals surface area contributed by atoms with Gasteiger partial charge >= 0.3 is 0 Å². The topological polar surface area (TPSA) is 158 Å². The normalized spacial score (nSPS) is 32.6. The van der Waals surface area contributed by atoms with E-state index in [1.165, 1.54) is 13.0 Å². The number of fused-ring (bicyclic) bond motifs is 3. The monoisotopic (exact) mass is 425 g/mol. The summed E-state index contributed by atoms with van der Waals surface area (Å²) >= 11 is 0. The predicted molar refractivity (Wildman–Crippen MR) is 111 cm³/mol. The molecule has 0 spiro atoms. The summed E-state index contributed by atoms with van der Waals surface area (Å²) < 4.78 is 0. The number of aliphatic hydroxyl groups excluding tert-OH is 3. The summed E-state index contributed by atoms with van der Waals surface area (Å²) in [5.74, 6) is -6.36. The van der Waals surface area contributed by atoms with Gasteiger partial charge in [-0.05, 0) is 43.5 Å². The molecule has 0 aliphatic heterocycles. The van der Waals surface area contributed by atoms with Gasteiger partial charge in [0.2, 0.25) is 0 Å². The maximum atomic E-state index is 13.7. The van der Waals surface area contributed by atoms with Gasteiger partial charge in [0.05, 0.1) is 23.1 Å². The molecule has 1 saturated carbocycles. The van der Waals surface area contributed by atoms with Crippen molar-refractivity contribution < 1.29 is 34.8 Å². The van der Waals surface area contributed by atoms with E-state index in [4.69, 9.17) is 5.73 Å². The number of ketones is 3. The van der Waals surface area contributed by atoms with Crippen LogP contribution in [0.4, 0.5) is 0 Å². The van der Waals surface area contributed by atoms with Crippen molar-refractivity contribution in [3.8, 4) is 5.75 Å². The Morgan fingerprint density at radius 1 is 1.16 bits per heavy atom. The van der Waals surface area contributed by atoms with Crippen molar-refractivity contribution in [2.75, 3.05) is 0 Å². The van der Waals surface area contributed by atoms with Gasteiger partial charge in [0.25, 0.3) is 0 Å². The van der Waals surface area contributed by atoms with E-state index in [2.05, 4.69) is 6.58 Å². The SMILES string of the molecule is C=C1c2c(C)ccc(O)c2C(O)=C2C(=O)[C@]3(C)C(O)=C(C(C)=O)C(=O)[C@@H](N)[C@@H]3[C@@H](O)[C@H]12. The number of hydrogen-bond donors (Lipinski definition) is 5. The third-order valence-corrected chi connectivity index (χ3v) is 7.00. The fourth-order valence-corrected chi connectivity index (χ4v) is 5.45. The van der Waals surface area contributed by atoms with Crippen LogP contribution in [0, 0.1) is 24.2 Å². The Balaban J connectivity index is 2.08. The molecule has 5 atom stereocenters. The van der Waals surface area contributed by atoms with Crippen molar-refractivity contribution in [3.05, 3.63) is 52.3 Å². The van der Waals surface area contributed by atoms with Crippen LogP contribution >= 0.6 is 0 Å². The molecule has 0 unspecified atom stereocenters. The van der Waals surface area contributed by atoms with E-state index in [-0.39, 0.29) is 22.5 Å². The molecular formula is C23H23NO7. The van der Waals surface area contributed by atoms with E-state index in [0.29, 0.717) is 11.1 Å². The fraction of sp³-hybridized carbons (Fsp3) is 0.348. The predicted octanol–water partition coefficient (Wildman–Crippen LogP) is 1.49. The smallest absolute Gasteiger partial charge is 0.186 e. The fourth-order valence-electron chi connectivity index (χ4n) is 5.45. The molecule has 0 heterocycles. The molecule has 3 aliphatic carbocycles. The van der Waals surface area contributed by atoms with Gasteiger partial charge < -0.3 is 26.2 Å². The Hall–Kier alpha value is -3.23. The first-order chi connectivity index (χ1) is 14.4. The molecule has 0 bridgehead atoms. The quantitative estimate of drug-likeness (QED) is 0.423. The number of aliphatic hydroxyl groups is 3. The number of carbonyl (C=O) groups is 3. The number of aromatic hydroxyl groups is 1.